The first-order valence-corrected chi connectivity index (χ1v) is 12.8. The van der Waals surface area contributed by atoms with E-state index < -0.39 is 17.9 Å². The first-order chi connectivity index (χ1) is 18.2. The Morgan fingerprint density at radius 3 is 2.34 bits per heavy atom. The molecule has 1 aliphatic heterocycles. The molecule has 4 rings (SSSR count). The first-order valence-electron chi connectivity index (χ1n) is 12.8. The van der Waals surface area contributed by atoms with Crippen LogP contribution in [0, 0.1) is 17.6 Å². The molecule has 38 heavy (non-hydrogen) atoms. The molecule has 3 nitrogen and oxygen atoms in total. The lowest BCUT2D eigenvalue weighted by Crippen LogP contribution is -2.32. The lowest BCUT2D eigenvalue weighted by Gasteiger charge is -2.29. The molecule has 204 valence electrons. The van der Waals surface area contributed by atoms with E-state index in [1.807, 2.05) is 25.1 Å². The molecule has 0 aliphatic carbocycles. The molecule has 8 heteroatoms. The van der Waals surface area contributed by atoms with Crippen molar-refractivity contribution >= 4 is 10.8 Å². The van der Waals surface area contributed by atoms with Crippen LogP contribution >= 0.6 is 0 Å². The minimum absolute atomic E-state index is 0.235. The van der Waals surface area contributed by atoms with E-state index in [1.54, 1.807) is 12.1 Å². The Morgan fingerprint density at radius 2 is 1.63 bits per heavy atom. The minimum atomic E-state index is -4.97. The normalized spacial score (nSPS) is 18.4. The minimum Gasteiger partial charge on any atom is -0.403 e. The summed E-state index contributed by atoms with van der Waals surface area (Å²) < 4.78 is 81.6. The Bertz CT molecular complexity index is 1250. The number of benzene rings is 3. The summed E-state index contributed by atoms with van der Waals surface area (Å²) in [5.41, 5.74) is 1.96. The van der Waals surface area contributed by atoms with E-state index in [0.717, 1.165) is 48.8 Å². The Morgan fingerprint density at radius 1 is 0.895 bits per heavy atom. The average molecular weight is 535 g/mol. The summed E-state index contributed by atoms with van der Waals surface area (Å²) >= 11 is 0. The van der Waals surface area contributed by atoms with Crippen LogP contribution < -0.4 is 4.74 Å². The van der Waals surface area contributed by atoms with Crippen molar-refractivity contribution in [3.8, 4) is 5.75 Å². The third kappa shape index (κ3) is 7.77. The van der Waals surface area contributed by atoms with Crippen LogP contribution in [0.1, 0.15) is 42.9 Å². The van der Waals surface area contributed by atoms with Crippen LogP contribution in [-0.4, -0.2) is 25.9 Å². The Kier molecular flexibility index (Phi) is 9.39. The van der Waals surface area contributed by atoms with Crippen LogP contribution in [-0.2, 0) is 28.7 Å². The van der Waals surface area contributed by atoms with E-state index in [9.17, 15) is 17.6 Å². The van der Waals surface area contributed by atoms with Crippen molar-refractivity contribution < 1.29 is 36.2 Å². The number of aryl methyl sites for hydroxylation is 3. The topological polar surface area (TPSA) is 27.7 Å². The molecule has 0 unspecified atom stereocenters. The summed E-state index contributed by atoms with van der Waals surface area (Å²) in [5, 5.41) is 1.26. The molecule has 0 aromatic heterocycles. The molecule has 0 N–H and O–H groups in total. The van der Waals surface area contributed by atoms with E-state index >= 15 is 4.39 Å². The molecule has 1 heterocycles. The van der Waals surface area contributed by atoms with Gasteiger partial charge in [-0.2, -0.15) is 0 Å². The zero-order valence-corrected chi connectivity index (χ0v) is 21.2. The van der Waals surface area contributed by atoms with Gasteiger partial charge in [0.15, 0.2) is 17.9 Å². The molecule has 0 radical (unpaired) electrons. The van der Waals surface area contributed by atoms with Crippen LogP contribution in [0.25, 0.3) is 10.8 Å². The average Bonchev–Trinajstić information content (AvgIpc) is 2.89. The summed E-state index contributed by atoms with van der Waals surface area (Å²) in [6.07, 6.45) is 3.08. The van der Waals surface area contributed by atoms with Gasteiger partial charge in [0.1, 0.15) is 5.82 Å². The predicted octanol–water partition coefficient (Wildman–Crippen LogP) is 8.08. The second-order valence-electron chi connectivity index (χ2n) is 9.55. The van der Waals surface area contributed by atoms with Gasteiger partial charge < -0.3 is 14.2 Å². The highest BCUT2D eigenvalue weighted by molar-refractivity contribution is 5.84. The predicted molar refractivity (Wildman–Crippen MR) is 136 cm³/mol. The number of alkyl halides is 3. The van der Waals surface area contributed by atoms with Gasteiger partial charge in [0.2, 0.25) is 0 Å². The van der Waals surface area contributed by atoms with Gasteiger partial charge in [-0.15, -0.1) is 13.2 Å². The van der Waals surface area contributed by atoms with Gasteiger partial charge in [-0.05, 0) is 73.2 Å². The van der Waals surface area contributed by atoms with E-state index in [0.29, 0.717) is 35.6 Å². The van der Waals surface area contributed by atoms with Gasteiger partial charge in [-0.3, -0.25) is 0 Å². The van der Waals surface area contributed by atoms with Crippen molar-refractivity contribution in [1.82, 2.24) is 0 Å². The summed E-state index contributed by atoms with van der Waals surface area (Å²) in [4.78, 5) is 0. The van der Waals surface area contributed by atoms with Crippen molar-refractivity contribution in [2.75, 3.05) is 13.2 Å². The molecule has 3 aromatic rings. The maximum Gasteiger partial charge on any atom is 0.573 e. The number of fused-ring (bicyclic) bond motifs is 1. The SMILES string of the molecule is C/C=C/CCC1COC(CCc2ccc3c(F)c(CCc4ccc(OC(F)(F)F)c(F)c4)ccc3c2)OC1. The quantitative estimate of drug-likeness (QED) is 0.194. The Balaban J connectivity index is 1.31. The van der Waals surface area contributed by atoms with Gasteiger partial charge in [0.05, 0.1) is 13.2 Å². The van der Waals surface area contributed by atoms with E-state index in [2.05, 4.69) is 16.9 Å². The second kappa shape index (κ2) is 12.7. The standard InChI is InChI=1S/C30H31F5O3/c1-2-3-4-5-22-18-36-28(37-19-22)15-9-20-7-13-25-24(16-20)12-11-23(29(25)32)10-6-21-8-14-27(26(31)17-21)38-30(33,34)35/h2-3,7-8,11-14,16-17,22,28H,4-6,9-10,15,18-19H2,1H3/b3-2+. The molecule has 0 atom stereocenters. The summed E-state index contributed by atoms with van der Waals surface area (Å²) in [6, 6.07) is 12.4. The summed E-state index contributed by atoms with van der Waals surface area (Å²) in [5.74, 6) is -1.93. The van der Waals surface area contributed by atoms with Crippen LogP contribution in [0.4, 0.5) is 22.0 Å². The molecule has 3 aromatic carbocycles. The fraction of sp³-hybridized carbons (Fsp3) is 0.400. The van der Waals surface area contributed by atoms with Crippen molar-refractivity contribution in [2.45, 2.75) is 58.1 Å². The van der Waals surface area contributed by atoms with Gasteiger partial charge in [0, 0.05) is 17.7 Å². The van der Waals surface area contributed by atoms with Crippen LogP contribution in [0.15, 0.2) is 60.7 Å². The number of hydrogen-bond donors (Lipinski definition) is 0. The van der Waals surface area contributed by atoms with E-state index in [1.165, 1.54) is 6.07 Å². The molecule has 0 amide bonds. The summed E-state index contributed by atoms with van der Waals surface area (Å²) in [6.45, 7) is 3.41. The lowest BCUT2D eigenvalue weighted by atomic mass is 9.98. The fourth-order valence-electron chi connectivity index (χ4n) is 4.62. The fourth-order valence-corrected chi connectivity index (χ4v) is 4.62. The van der Waals surface area contributed by atoms with Crippen molar-refractivity contribution in [3.63, 3.8) is 0 Å². The maximum atomic E-state index is 15.2. The smallest absolute Gasteiger partial charge is 0.403 e. The lowest BCUT2D eigenvalue weighted by molar-refractivity contribution is -0.275. The highest BCUT2D eigenvalue weighted by Gasteiger charge is 2.32. The van der Waals surface area contributed by atoms with Crippen molar-refractivity contribution in [1.29, 1.82) is 0 Å². The molecule has 1 fully saturated rings. The van der Waals surface area contributed by atoms with Crippen molar-refractivity contribution in [3.05, 3.63) is 89.0 Å². The molecule has 1 saturated heterocycles. The largest absolute Gasteiger partial charge is 0.573 e. The third-order valence-corrected chi connectivity index (χ3v) is 6.69. The van der Waals surface area contributed by atoms with Gasteiger partial charge >= 0.3 is 6.36 Å². The molecule has 1 aliphatic rings. The van der Waals surface area contributed by atoms with E-state index in [-0.39, 0.29) is 24.9 Å². The number of hydrogen-bond acceptors (Lipinski definition) is 3. The van der Waals surface area contributed by atoms with E-state index in [4.69, 9.17) is 9.47 Å². The van der Waals surface area contributed by atoms with Crippen molar-refractivity contribution in [2.24, 2.45) is 5.92 Å². The highest BCUT2D eigenvalue weighted by Crippen LogP contribution is 2.28. The number of allylic oxidation sites excluding steroid dienone is 2. The highest BCUT2D eigenvalue weighted by atomic mass is 19.4. The molecule has 0 saturated carbocycles. The number of ether oxygens (including phenoxy) is 3. The Labute approximate surface area is 219 Å². The zero-order valence-electron chi connectivity index (χ0n) is 21.2. The molecular formula is C30H31F5O3. The Hall–Kier alpha value is -2.97. The molecular weight excluding hydrogens is 503 g/mol. The molecule has 0 bridgehead atoms. The van der Waals surface area contributed by atoms with Crippen LogP contribution in [0.3, 0.4) is 0 Å². The number of halogens is 5. The van der Waals surface area contributed by atoms with Gasteiger partial charge in [-0.1, -0.05) is 48.6 Å². The molecule has 0 spiro atoms. The van der Waals surface area contributed by atoms with Crippen LogP contribution in [0.2, 0.25) is 0 Å². The monoisotopic (exact) mass is 534 g/mol. The number of rotatable bonds is 10. The van der Waals surface area contributed by atoms with Gasteiger partial charge in [-0.25, -0.2) is 8.78 Å². The summed E-state index contributed by atoms with van der Waals surface area (Å²) in [7, 11) is 0. The first kappa shape index (κ1) is 28.0. The third-order valence-electron chi connectivity index (χ3n) is 6.69. The zero-order chi connectivity index (χ0) is 27.1. The maximum absolute atomic E-state index is 15.2. The van der Waals surface area contributed by atoms with Gasteiger partial charge in [0.25, 0.3) is 0 Å². The van der Waals surface area contributed by atoms with Crippen LogP contribution in [0.5, 0.6) is 5.75 Å². The second-order valence-corrected chi connectivity index (χ2v) is 9.55.